The van der Waals surface area contributed by atoms with Crippen molar-refractivity contribution in [3.05, 3.63) is 27.7 Å². The first-order valence-electron chi connectivity index (χ1n) is 3.91. The zero-order valence-corrected chi connectivity index (χ0v) is 8.77. The summed E-state index contributed by atoms with van der Waals surface area (Å²) in [7, 11) is 0. The first-order valence-corrected chi connectivity index (χ1v) is 4.66. The topological polar surface area (TPSA) is 59.0 Å². The van der Waals surface area contributed by atoms with Gasteiger partial charge in [-0.05, 0) is 12.1 Å². The fourth-order valence-electron chi connectivity index (χ4n) is 0.923. The number of nitrogens with two attached hydrogens (primary N) is 1. The molecular weight excluding hydrogens is 223 g/mol. The summed E-state index contributed by atoms with van der Waals surface area (Å²) in [6, 6.07) is 4.94. The molecule has 0 aromatic heterocycles. The van der Waals surface area contributed by atoms with Gasteiger partial charge in [-0.1, -0.05) is 23.2 Å². The molecule has 14 heavy (non-hydrogen) atoms. The zero-order chi connectivity index (χ0) is 10.6. The maximum absolute atomic E-state index is 8.63. The van der Waals surface area contributed by atoms with E-state index < -0.39 is 0 Å². The van der Waals surface area contributed by atoms with E-state index in [2.05, 4.69) is 0 Å². The summed E-state index contributed by atoms with van der Waals surface area (Å²) in [5.41, 5.74) is 5.67. The quantitative estimate of drug-likeness (QED) is 0.867. The molecule has 0 fully saturated rings. The van der Waals surface area contributed by atoms with Crippen LogP contribution in [0.25, 0.3) is 0 Å². The van der Waals surface area contributed by atoms with Crippen molar-refractivity contribution in [1.29, 1.82) is 5.26 Å². The van der Waals surface area contributed by atoms with Gasteiger partial charge in [-0.2, -0.15) is 5.26 Å². The largest absolute Gasteiger partial charge is 0.489 e. The minimum absolute atomic E-state index is 0.322. The molecule has 5 heteroatoms. The Bertz CT molecular complexity index is 351. The summed E-state index contributed by atoms with van der Waals surface area (Å²) < 4.78 is 5.22. The van der Waals surface area contributed by atoms with Crippen LogP contribution in [0, 0.1) is 11.3 Å². The van der Waals surface area contributed by atoms with Gasteiger partial charge in [0.25, 0.3) is 0 Å². The van der Waals surface area contributed by atoms with Gasteiger partial charge in [0.1, 0.15) is 6.61 Å². The fraction of sp³-hybridized carbons (Fsp3) is 0.222. The number of hydrogen-bond donors (Lipinski definition) is 1. The highest BCUT2D eigenvalue weighted by molar-refractivity contribution is 6.37. The lowest BCUT2D eigenvalue weighted by Gasteiger charge is -2.08. The van der Waals surface area contributed by atoms with Crippen molar-refractivity contribution in [2.45, 2.75) is 0 Å². The predicted octanol–water partition coefficient (Wildman–Crippen LogP) is 2.20. The Morgan fingerprint density at radius 2 is 1.93 bits per heavy atom. The summed E-state index contributed by atoms with van der Waals surface area (Å²) in [6.07, 6.45) is 0. The molecule has 0 spiro atoms. The summed E-state index contributed by atoms with van der Waals surface area (Å²) in [4.78, 5) is 0. The first kappa shape index (κ1) is 11.1. The summed E-state index contributed by atoms with van der Waals surface area (Å²) >= 11 is 11.7. The standard InChI is InChI=1S/C9H8Cl2N2O/c10-7-3-6(5-13)4-8(11)9(7)14-2-1-12/h3-4H,1-2,12H2. The van der Waals surface area contributed by atoms with Crippen LogP contribution in [0.1, 0.15) is 5.56 Å². The van der Waals surface area contributed by atoms with Gasteiger partial charge in [0.15, 0.2) is 5.75 Å². The Labute approximate surface area is 92.0 Å². The van der Waals surface area contributed by atoms with Gasteiger partial charge in [0, 0.05) is 6.54 Å². The van der Waals surface area contributed by atoms with Crippen molar-refractivity contribution in [2.24, 2.45) is 5.73 Å². The highest BCUT2D eigenvalue weighted by Crippen LogP contribution is 2.33. The SMILES string of the molecule is N#Cc1cc(Cl)c(OCCN)c(Cl)c1. The van der Waals surface area contributed by atoms with Crippen LogP contribution in [0.2, 0.25) is 10.0 Å². The second kappa shape index (κ2) is 5.06. The third-order valence-electron chi connectivity index (χ3n) is 1.49. The van der Waals surface area contributed by atoms with E-state index in [1.54, 1.807) is 0 Å². The molecule has 0 unspecified atom stereocenters. The average molecular weight is 231 g/mol. The predicted molar refractivity (Wildman–Crippen MR) is 55.7 cm³/mol. The molecule has 0 aliphatic rings. The molecule has 0 amide bonds. The Kier molecular flexibility index (Phi) is 4.02. The van der Waals surface area contributed by atoms with Crippen LogP contribution >= 0.6 is 23.2 Å². The molecular formula is C9H8Cl2N2O. The second-order valence-corrected chi connectivity index (χ2v) is 3.33. The molecule has 3 nitrogen and oxygen atoms in total. The third-order valence-corrected chi connectivity index (χ3v) is 2.05. The number of rotatable bonds is 3. The van der Waals surface area contributed by atoms with E-state index in [0.717, 1.165) is 0 Å². The highest BCUT2D eigenvalue weighted by Gasteiger charge is 2.08. The van der Waals surface area contributed by atoms with Crippen LogP contribution in [-0.2, 0) is 0 Å². The molecule has 0 saturated heterocycles. The maximum Gasteiger partial charge on any atom is 0.156 e. The van der Waals surface area contributed by atoms with Crippen LogP contribution in [0.15, 0.2) is 12.1 Å². The van der Waals surface area contributed by atoms with Crippen molar-refractivity contribution < 1.29 is 4.74 Å². The van der Waals surface area contributed by atoms with Crippen LogP contribution in [0.3, 0.4) is 0 Å². The minimum atomic E-state index is 0.322. The van der Waals surface area contributed by atoms with Crippen LogP contribution in [0.5, 0.6) is 5.75 Å². The maximum atomic E-state index is 8.63. The van der Waals surface area contributed by atoms with E-state index in [1.165, 1.54) is 12.1 Å². The molecule has 1 rings (SSSR count). The van der Waals surface area contributed by atoms with Gasteiger partial charge < -0.3 is 10.5 Å². The summed E-state index contributed by atoms with van der Waals surface area (Å²) in [5.74, 6) is 0.373. The fourth-order valence-corrected chi connectivity index (χ4v) is 1.52. The Balaban J connectivity index is 3.01. The molecule has 0 heterocycles. The van der Waals surface area contributed by atoms with E-state index in [4.69, 9.17) is 38.9 Å². The lowest BCUT2D eigenvalue weighted by molar-refractivity contribution is 0.328. The number of nitrogens with zero attached hydrogens (tertiary/aromatic N) is 1. The number of benzene rings is 1. The molecule has 0 saturated carbocycles. The van der Waals surface area contributed by atoms with E-state index in [1.807, 2.05) is 6.07 Å². The van der Waals surface area contributed by atoms with Crippen molar-refractivity contribution >= 4 is 23.2 Å². The third kappa shape index (κ3) is 2.52. The minimum Gasteiger partial charge on any atom is -0.489 e. The van der Waals surface area contributed by atoms with Crippen molar-refractivity contribution in [3.63, 3.8) is 0 Å². The smallest absolute Gasteiger partial charge is 0.156 e. The van der Waals surface area contributed by atoms with Crippen molar-refractivity contribution in [3.8, 4) is 11.8 Å². The molecule has 0 atom stereocenters. The number of ether oxygens (including phenoxy) is 1. The Hall–Kier alpha value is -0.950. The van der Waals surface area contributed by atoms with Crippen LogP contribution in [0.4, 0.5) is 0 Å². The molecule has 0 aliphatic heterocycles. The van der Waals surface area contributed by atoms with E-state index in [-0.39, 0.29) is 0 Å². The Morgan fingerprint density at radius 3 is 2.36 bits per heavy atom. The Morgan fingerprint density at radius 1 is 1.36 bits per heavy atom. The van der Waals surface area contributed by atoms with Crippen molar-refractivity contribution in [1.82, 2.24) is 0 Å². The lowest BCUT2D eigenvalue weighted by Crippen LogP contribution is -2.11. The number of nitriles is 1. The summed E-state index contributed by atoms with van der Waals surface area (Å²) in [5, 5.41) is 9.27. The molecule has 2 N–H and O–H groups in total. The molecule has 0 bridgehead atoms. The highest BCUT2D eigenvalue weighted by atomic mass is 35.5. The van der Waals surface area contributed by atoms with Gasteiger partial charge in [0.05, 0.1) is 21.7 Å². The zero-order valence-electron chi connectivity index (χ0n) is 7.26. The van der Waals surface area contributed by atoms with Gasteiger partial charge in [0.2, 0.25) is 0 Å². The van der Waals surface area contributed by atoms with E-state index in [9.17, 15) is 0 Å². The normalized spacial score (nSPS) is 9.57. The summed E-state index contributed by atoms with van der Waals surface area (Å²) in [6.45, 7) is 0.720. The lowest BCUT2D eigenvalue weighted by atomic mass is 10.2. The molecule has 1 aromatic carbocycles. The van der Waals surface area contributed by atoms with Crippen molar-refractivity contribution in [2.75, 3.05) is 13.2 Å². The van der Waals surface area contributed by atoms with Gasteiger partial charge >= 0.3 is 0 Å². The van der Waals surface area contributed by atoms with E-state index in [0.29, 0.717) is 34.5 Å². The molecule has 0 radical (unpaired) electrons. The first-order chi connectivity index (χ1) is 6.69. The molecule has 74 valence electrons. The number of hydrogen-bond acceptors (Lipinski definition) is 3. The molecule has 0 aliphatic carbocycles. The van der Waals surface area contributed by atoms with E-state index >= 15 is 0 Å². The second-order valence-electron chi connectivity index (χ2n) is 2.52. The van der Waals surface area contributed by atoms with Crippen LogP contribution in [-0.4, -0.2) is 13.2 Å². The monoisotopic (exact) mass is 230 g/mol. The van der Waals surface area contributed by atoms with Crippen LogP contribution < -0.4 is 10.5 Å². The molecule has 1 aromatic rings. The van der Waals surface area contributed by atoms with Gasteiger partial charge in [-0.15, -0.1) is 0 Å². The van der Waals surface area contributed by atoms with Gasteiger partial charge in [-0.3, -0.25) is 0 Å². The number of halogens is 2. The average Bonchev–Trinajstić information content (AvgIpc) is 2.16. The van der Waals surface area contributed by atoms with Gasteiger partial charge in [-0.25, -0.2) is 0 Å².